The molecule has 0 spiro atoms. The summed E-state index contributed by atoms with van der Waals surface area (Å²) in [5, 5.41) is 10.6. The SMILES string of the molecule is CCCC(NC(=O)[C@@H]1CC[C@H](C)N1)C(=O)C(=O)NCC(=O)NC(C=O)C1=CC=CCC1. The first-order valence-electron chi connectivity index (χ1n) is 10.8. The molecule has 2 rings (SSSR count). The summed E-state index contributed by atoms with van der Waals surface area (Å²) < 4.78 is 0. The molecule has 0 bridgehead atoms. The summed E-state index contributed by atoms with van der Waals surface area (Å²) in [4.78, 5) is 60.7. The van der Waals surface area contributed by atoms with Gasteiger partial charge >= 0.3 is 0 Å². The largest absolute Gasteiger partial charge is 0.344 e. The number of hydrogen-bond donors (Lipinski definition) is 4. The number of hydrogen-bond acceptors (Lipinski definition) is 6. The highest BCUT2D eigenvalue weighted by atomic mass is 16.2. The number of Topliss-reactive ketones (excluding diaryl/α,β-unsaturated/α-hetero) is 1. The molecule has 9 heteroatoms. The summed E-state index contributed by atoms with van der Waals surface area (Å²) in [6, 6.07) is -1.85. The Hall–Kier alpha value is -2.81. The number of ketones is 1. The molecule has 0 aromatic heterocycles. The van der Waals surface area contributed by atoms with E-state index in [2.05, 4.69) is 21.3 Å². The molecule has 2 unspecified atom stereocenters. The average molecular weight is 433 g/mol. The topological polar surface area (TPSA) is 133 Å². The molecule has 0 aromatic rings. The van der Waals surface area contributed by atoms with E-state index < -0.39 is 36.2 Å². The van der Waals surface area contributed by atoms with Gasteiger partial charge in [0, 0.05) is 6.04 Å². The van der Waals surface area contributed by atoms with Crippen molar-refractivity contribution < 1.29 is 24.0 Å². The van der Waals surface area contributed by atoms with Crippen molar-refractivity contribution in [2.45, 2.75) is 76.5 Å². The molecule has 4 N–H and O–H groups in total. The van der Waals surface area contributed by atoms with Gasteiger partial charge in [0.25, 0.3) is 5.91 Å². The fraction of sp³-hybridized carbons (Fsp3) is 0.591. The monoisotopic (exact) mass is 432 g/mol. The summed E-state index contributed by atoms with van der Waals surface area (Å²) in [5.41, 5.74) is 0.786. The van der Waals surface area contributed by atoms with Crippen LogP contribution >= 0.6 is 0 Å². The van der Waals surface area contributed by atoms with E-state index in [0.29, 0.717) is 32.0 Å². The standard InChI is InChI=1S/C22H32N4O5/c1-3-7-16(26-21(30)17-11-10-14(2)24-17)20(29)22(31)23-12-19(28)25-18(13-27)15-8-5-4-6-9-15/h4-5,8,13-14,16-18,24H,3,6-7,9-12H2,1-2H3,(H,23,31)(H,25,28)(H,26,30)/t14-,16?,17-,18?/m0/s1. The van der Waals surface area contributed by atoms with Crippen LogP contribution in [0.1, 0.15) is 52.4 Å². The Morgan fingerprint density at radius 1 is 1.23 bits per heavy atom. The third kappa shape index (κ3) is 7.43. The third-order valence-corrected chi connectivity index (χ3v) is 5.43. The van der Waals surface area contributed by atoms with Gasteiger partial charge in [-0.3, -0.25) is 19.2 Å². The van der Waals surface area contributed by atoms with E-state index in [-0.39, 0.29) is 18.0 Å². The fourth-order valence-corrected chi connectivity index (χ4v) is 3.69. The highest BCUT2D eigenvalue weighted by Gasteiger charge is 2.31. The summed E-state index contributed by atoms with van der Waals surface area (Å²) in [5.74, 6) is -2.61. The second-order valence-electron chi connectivity index (χ2n) is 7.98. The van der Waals surface area contributed by atoms with Gasteiger partial charge in [0.1, 0.15) is 12.3 Å². The molecule has 1 saturated heterocycles. The van der Waals surface area contributed by atoms with Crippen molar-refractivity contribution in [1.82, 2.24) is 21.3 Å². The minimum absolute atomic E-state index is 0.230. The zero-order valence-electron chi connectivity index (χ0n) is 18.1. The predicted molar refractivity (Wildman–Crippen MR) is 115 cm³/mol. The Bertz CT molecular complexity index is 761. The zero-order chi connectivity index (χ0) is 22.8. The van der Waals surface area contributed by atoms with Gasteiger partial charge in [0.15, 0.2) is 0 Å². The summed E-state index contributed by atoms with van der Waals surface area (Å²) in [6.07, 6.45) is 10.1. The Balaban J connectivity index is 1.85. The quantitative estimate of drug-likeness (QED) is 0.269. The average Bonchev–Trinajstić information content (AvgIpc) is 3.22. The van der Waals surface area contributed by atoms with Crippen molar-refractivity contribution >= 4 is 29.8 Å². The van der Waals surface area contributed by atoms with E-state index in [0.717, 1.165) is 18.4 Å². The first-order valence-corrected chi connectivity index (χ1v) is 10.8. The van der Waals surface area contributed by atoms with Crippen LogP contribution in [-0.4, -0.2) is 60.5 Å². The van der Waals surface area contributed by atoms with Crippen molar-refractivity contribution in [3.63, 3.8) is 0 Å². The zero-order valence-corrected chi connectivity index (χ0v) is 18.1. The lowest BCUT2D eigenvalue weighted by Gasteiger charge is -2.20. The maximum absolute atomic E-state index is 12.5. The van der Waals surface area contributed by atoms with Gasteiger partial charge in [0.05, 0.1) is 18.6 Å². The molecule has 1 aliphatic heterocycles. The van der Waals surface area contributed by atoms with Crippen LogP contribution in [0.3, 0.4) is 0 Å². The van der Waals surface area contributed by atoms with E-state index in [1.54, 1.807) is 6.08 Å². The van der Waals surface area contributed by atoms with E-state index in [1.165, 1.54) is 0 Å². The number of nitrogens with one attached hydrogen (secondary N) is 4. The van der Waals surface area contributed by atoms with Crippen molar-refractivity contribution in [3.8, 4) is 0 Å². The molecular formula is C22H32N4O5. The molecule has 9 nitrogen and oxygen atoms in total. The highest BCUT2D eigenvalue weighted by molar-refractivity contribution is 6.38. The normalized spacial score (nSPS) is 22.1. The Morgan fingerprint density at radius 3 is 2.58 bits per heavy atom. The Morgan fingerprint density at radius 2 is 2.00 bits per heavy atom. The van der Waals surface area contributed by atoms with Gasteiger partial charge in [0.2, 0.25) is 17.6 Å². The van der Waals surface area contributed by atoms with Crippen LogP contribution in [-0.2, 0) is 24.0 Å². The van der Waals surface area contributed by atoms with E-state index in [1.807, 2.05) is 26.0 Å². The van der Waals surface area contributed by atoms with Crippen LogP contribution in [0.2, 0.25) is 0 Å². The molecule has 1 heterocycles. The van der Waals surface area contributed by atoms with Crippen LogP contribution in [0.25, 0.3) is 0 Å². The molecule has 0 aromatic carbocycles. The number of aldehydes is 1. The predicted octanol–water partition coefficient (Wildman–Crippen LogP) is 0.0572. The molecule has 2 aliphatic rings. The fourth-order valence-electron chi connectivity index (χ4n) is 3.69. The van der Waals surface area contributed by atoms with Crippen molar-refractivity contribution in [2.24, 2.45) is 0 Å². The first-order chi connectivity index (χ1) is 14.8. The lowest BCUT2D eigenvalue weighted by atomic mass is 9.98. The van der Waals surface area contributed by atoms with Gasteiger partial charge in [-0.15, -0.1) is 0 Å². The van der Waals surface area contributed by atoms with Crippen LogP contribution in [0.4, 0.5) is 0 Å². The summed E-state index contributed by atoms with van der Waals surface area (Å²) in [6.45, 7) is 3.39. The second kappa shape index (κ2) is 12.1. The van der Waals surface area contributed by atoms with Crippen LogP contribution in [0, 0.1) is 0 Å². The molecule has 170 valence electrons. The second-order valence-corrected chi connectivity index (χ2v) is 7.98. The molecule has 1 fully saturated rings. The van der Waals surface area contributed by atoms with Crippen LogP contribution in [0.15, 0.2) is 23.8 Å². The van der Waals surface area contributed by atoms with Gasteiger partial charge in [-0.1, -0.05) is 31.6 Å². The minimum atomic E-state index is -0.944. The Labute approximate surface area is 182 Å². The van der Waals surface area contributed by atoms with E-state index >= 15 is 0 Å². The van der Waals surface area contributed by atoms with Crippen molar-refractivity contribution in [3.05, 3.63) is 23.8 Å². The maximum atomic E-state index is 12.5. The van der Waals surface area contributed by atoms with Crippen molar-refractivity contribution in [1.29, 1.82) is 0 Å². The van der Waals surface area contributed by atoms with Gasteiger partial charge < -0.3 is 26.1 Å². The summed E-state index contributed by atoms with van der Waals surface area (Å²) in [7, 11) is 0. The van der Waals surface area contributed by atoms with Gasteiger partial charge in [-0.2, -0.15) is 0 Å². The third-order valence-electron chi connectivity index (χ3n) is 5.43. The number of carbonyl (C=O) groups excluding carboxylic acids is 5. The number of amides is 3. The smallest absolute Gasteiger partial charge is 0.290 e. The lowest BCUT2D eigenvalue weighted by Crippen LogP contribution is -2.53. The Kier molecular flexibility index (Phi) is 9.58. The van der Waals surface area contributed by atoms with Gasteiger partial charge in [-0.25, -0.2) is 0 Å². The van der Waals surface area contributed by atoms with Crippen molar-refractivity contribution in [2.75, 3.05) is 6.54 Å². The van der Waals surface area contributed by atoms with Gasteiger partial charge in [-0.05, 0) is 44.6 Å². The molecule has 0 radical (unpaired) electrons. The number of rotatable bonds is 11. The molecule has 3 amide bonds. The number of allylic oxidation sites excluding steroid dienone is 3. The molecular weight excluding hydrogens is 400 g/mol. The van der Waals surface area contributed by atoms with E-state index in [9.17, 15) is 24.0 Å². The van der Waals surface area contributed by atoms with Crippen LogP contribution < -0.4 is 21.3 Å². The van der Waals surface area contributed by atoms with Crippen LogP contribution in [0.5, 0.6) is 0 Å². The summed E-state index contributed by atoms with van der Waals surface area (Å²) >= 11 is 0. The van der Waals surface area contributed by atoms with E-state index in [4.69, 9.17) is 0 Å². The molecule has 4 atom stereocenters. The number of carbonyl (C=O) groups is 5. The molecule has 1 aliphatic carbocycles. The minimum Gasteiger partial charge on any atom is -0.344 e. The molecule has 31 heavy (non-hydrogen) atoms. The maximum Gasteiger partial charge on any atom is 0.290 e. The lowest BCUT2D eigenvalue weighted by molar-refractivity contribution is -0.141. The molecule has 0 saturated carbocycles. The first kappa shape index (κ1) is 24.5. The highest BCUT2D eigenvalue weighted by Crippen LogP contribution is 2.15.